The van der Waals surface area contributed by atoms with E-state index in [9.17, 15) is 4.79 Å². The van der Waals surface area contributed by atoms with Crippen LogP contribution in [-0.2, 0) is 19.6 Å². The molecule has 3 aromatic heterocycles. The second-order valence-corrected chi connectivity index (χ2v) is 6.76. The molecule has 1 aliphatic heterocycles. The summed E-state index contributed by atoms with van der Waals surface area (Å²) < 4.78 is 81.2. The van der Waals surface area contributed by atoms with Gasteiger partial charge in [0.2, 0.25) is 0 Å². The second-order valence-electron chi connectivity index (χ2n) is 6.76. The van der Waals surface area contributed by atoms with Crippen LogP contribution in [0.4, 0.5) is 11.6 Å². The van der Waals surface area contributed by atoms with Crippen LogP contribution in [0.1, 0.15) is 56.0 Å². The molecule has 162 valence electrons. The molecular formula is C22H28N8O. The summed E-state index contributed by atoms with van der Waals surface area (Å²) in [6.45, 7) is -11.4. The minimum Gasteiger partial charge on any atom is -0.357 e. The van der Waals surface area contributed by atoms with Crippen molar-refractivity contribution in [3.8, 4) is 11.5 Å². The van der Waals surface area contributed by atoms with Crippen LogP contribution in [-0.4, -0.2) is 50.7 Å². The Balaban J connectivity index is 1.86. The van der Waals surface area contributed by atoms with Crippen LogP contribution in [0.2, 0.25) is 0 Å². The summed E-state index contributed by atoms with van der Waals surface area (Å²) in [4.78, 5) is 23.9. The van der Waals surface area contributed by atoms with E-state index in [1.54, 1.807) is 36.1 Å². The van der Waals surface area contributed by atoms with E-state index in [1.165, 1.54) is 4.90 Å². The lowest BCUT2D eigenvalue weighted by atomic mass is 10.1. The molecule has 0 saturated heterocycles. The molecule has 31 heavy (non-hydrogen) atoms. The standard InChI is InChI=1S/C22H28N8O/c1-5-28(6-2)20-11-15-16(18(26-20)12-23-4)13-30(22(15)31)19-10-8-9-17(25-19)21-27-24-14-29(21)7-3/h8-11,14,23H,5-7,12-13H2,1-4H3/i1D3,2D3,5D2,6D2. The van der Waals surface area contributed by atoms with Gasteiger partial charge in [-0.25, -0.2) is 9.97 Å². The third kappa shape index (κ3) is 3.76. The van der Waals surface area contributed by atoms with Crippen LogP contribution in [0.3, 0.4) is 0 Å². The topological polar surface area (TPSA) is 92.1 Å². The molecule has 9 heteroatoms. The molecule has 3 aromatic rings. The van der Waals surface area contributed by atoms with Crippen LogP contribution in [0, 0.1) is 0 Å². The Hall–Kier alpha value is -3.33. The van der Waals surface area contributed by atoms with Crippen LogP contribution in [0.25, 0.3) is 11.5 Å². The first kappa shape index (κ1) is 11.9. The number of fused-ring (bicyclic) bond motifs is 1. The average Bonchev–Trinajstić information content (AvgIpc) is 3.48. The molecule has 0 saturated carbocycles. The van der Waals surface area contributed by atoms with Gasteiger partial charge in [-0.15, -0.1) is 10.2 Å². The molecule has 1 aliphatic rings. The van der Waals surface area contributed by atoms with E-state index in [2.05, 4.69) is 25.5 Å². The number of hydrogen-bond acceptors (Lipinski definition) is 7. The normalized spacial score (nSPS) is 19.5. The van der Waals surface area contributed by atoms with Crippen molar-refractivity contribution in [3.05, 3.63) is 47.4 Å². The molecule has 0 aromatic carbocycles. The maximum atomic E-state index is 13.7. The second kappa shape index (κ2) is 8.81. The summed E-state index contributed by atoms with van der Waals surface area (Å²) in [7, 11) is 1.59. The highest BCUT2D eigenvalue weighted by Gasteiger charge is 2.33. The summed E-state index contributed by atoms with van der Waals surface area (Å²) in [6.07, 6.45) is 1.55. The van der Waals surface area contributed by atoms with Crippen molar-refractivity contribution >= 4 is 17.5 Å². The van der Waals surface area contributed by atoms with E-state index in [0.29, 0.717) is 23.6 Å². The van der Waals surface area contributed by atoms with E-state index in [1.807, 2.05) is 6.92 Å². The molecule has 0 radical (unpaired) electrons. The molecule has 0 spiro atoms. The maximum Gasteiger partial charge on any atom is 0.260 e. The summed E-state index contributed by atoms with van der Waals surface area (Å²) in [5.41, 5.74) is 1.05. The van der Waals surface area contributed by atoms with Gasteiger partial charge in [0, 0.05) is 45.4 Å². The first-order valence-corrected chi connectivity index (χ1v) is 9.60. The van der Waals surface area contributed by atoms with E-state index in [-0.39, 0.29) is 35.1 Å². The molecule has 4 heterocycles. The number of carbonyl (C=O) groups excluding carboxylic acids is 1. The number of carbonyl (C=O) groups is 1. The Kier molecular flexibility index (Phi) is 3.38. The van der Waals surface area contributed by atoms with Crippen molar-refractivity contribution < 1.29 is 18.5 Å². The number of hydrogen-bond donors (Lipinski definition) is 1. The molecule has 0 aliphatic carbocycles. The van der Waals surface area contributed by atoms with Crippen molar-refractivity contribution in [2.75, 3.05) is 29.8 Å². The highest BCUT2D eigenvalue weighted by Crippen LogP contribution is 2.32. The van der Waals surface area contributed by atoms with Crippen LogP contribution in [0.15, 0.2) is 30.6 Å². The van der Waals surface area contributed by atoms with E-state index in [4.69, 9.17) is 13.7 Å². The zero-order valence-corrected chi connectivity index (χ0v) is 17.0. The van der Waals surface area contributed by atoms with Gasteiger partial charge in [0.05, 0.1) is 17.8 Å². The lowest BCUT2D eigenvalue weighted by molar-refractivity contribution is 0.0996. The maximum absolute atomic E-state index is 13.7. The molecule has 0 fully saturated rings. The number of amides is 1. The fourth-order valence-corrected chi connectivity index (χ4v) is 3.49. The zero-order valence-electron chi connectivity index (χ0n) is 27.0. The van der Waals surface area contributed by atoms with Crippen LogP contribution in [0.5, 0.6) is 0 Å². The zero-order chi connectivity index (χ0) is 30.5. The fraction of sp³-hybridized carbons (Fsp3) is 0.409. The van der Waals surface area contributed by atoms with Crippen molar-refractivity contribution in [3.63, 3.8) is 0 Å². The van der Waals surface area contributed by atoms with Gasteiger partial charge in [-0.2, -0.15) is 0 Å². The van der Waals surface area contributed by atoms with Crippen molar-refractivity contribution in [1.29, 1.82) is 0 Å². The van der Waals surface area contributed by atoms with Gasteiger partial charge in [0.15, 0.2) is 5.82 Å². The molecule has 1 amide bonds. The average molecular weight is 431 g/mol. The summed E-state index contributed by atoms with van der Waals surface area (Å²) in [5.74, 6) is -0.484. The van der Waals surface area contributed by atoms with Crippen molar-refractivity contribution in [1.82, 2.24) is 30.0 Å². The largest absolute Gasteiger partial charge is 0.357 e. The Morgan fingerprint density at radius 3 is 2.87 bits per heavy atom. The van der Waals surface area contributed by atoms with Gasteiger partial charge >= 0.3 is 0 Å². The van der Waals surface area contributed by atoms with Crippen molar-refractivity contribution in [2.24, 2.45) is 0 Å². The smallest absolute Gasteiger partial charge is 0.260 e. The highest BCUT2D eigenvalue weighted by atomic mass is 16.2. The number of aromatic nitrogens is 5. The monoisotopic (exact) mass is 430 g/mol. The van der Waals surface area contributed by atoms with Crippen LogP contribution >= 0.6 is 0 Å². The molecule has 9 nitrogen and oxygen atoms in total. The minimum absolute atomic E-state index is 0.00765. The summed E-state index contributed by atoms with van der Waals surface area (Å²) in [5, 5.41) is 10.9. The molecular weight excluding hydrogens is 392 g/mol. The molecule has 4 rings (SSSR count). The van der Waals surface area contributed by atoms with E-state index < -0.39 is 38.4 Å². The number of aryl methyl sites for hydroxylation is 1. The number of rotatable bonds is 8. The number of anilines is 2. The molecule has 1 N–H and O–H groups in total. The van der Waals surface area contributed by atoms with Gasteiger partial charge in [-0.1, -0.05) is 6.07 Å². The van der Waals surface area contributed by atoms with E-state index >= 15 is 0 Å². The Morgan fingerprint density at radius 2 is 2.13 bits per heavy atom. The lowest BCUT2D eigenvalue weighted by Crippen LogP contribution is -2.25. The first-order chi connectivity index (χ1) is 19.0. The SMILES string of the molecule is [2H]C([2H])([2H])C([2H])([2H])N(c1cc2c(c(CNC)n1)CN(c1cccc(-c3nncn3CC)n1)C2=O)C([2H])([2H])C([2H])([2H])[2H]. The van der Waals surface area contributed by atoms with Gasteiger partial charge in [0.25, 0.3) is 5.91 Å². The Morgan fingerprint density at radius 1 is 1.29 bits per heavy atom. The number of nitrogens with one attached hydrogen (secondary N) is 1. The van der Waals surface area contributed by atoms with Gasteiger partial charge in [0.1, 0.15) is 23.7 Å². The molecule has 0 atom stereocenters. The summed E-state index contributed by atoms with van der Waals surface area (Å²) >= 11 is 0. The third-order valence-electron chi connectivity index (χ3n) is 4.98. The summed E-state index contributed by atoms with van der Waals surface area (Å²) in [6, 6.07) is 6.05. The van der Waals surface area contributed by atoms with Gasteiger partial charge in [-0.3, -0.25) is 9.69 Å². The number of nitrogens with zero attached hydrogens (tertiary/aromatic N) is 7. The fourth-order valence-electron chi connectivity index (χ4n) is 3.49. The van der Waals surface area contributed by atoms with E-state index in [0.717, 1.165) is 6.07 Å². The molecule has 0 bridgehead atoms. The predicted molar refractivity (Wildman–Crippen MR) is 120 cm³/mol. The quantitative estimate of drug-likeness (QED) is 0.587. The third-order valence-corrected chi connectivity index (χ3v) is 4.98. The predicted octanol–water partition coefficient (Wildman–Crippen LogP) is 2.48. The van der Waals surface area contributed by atoms with Crippen LogP contribution < -0.4 is 15.1 Å². The Bertz CT molecular complexity index is 1430. The first-order valence-electron chi connectivity index (χ1n) is 14.6. The highest BCUT2D eigenvalue weighted by molar-refractivity contribution is 6.10. The van der Waals surface area contributed by atoms with Crippen molar-refractivity contribution in [2.45, 2.75) is 40.3 Å². The number of pyridine rings is 2. The van der Waals surface area contributed by atoms with Gasteiger partial charge < -0.3 is 14.8 Å². The Labute approximate surface area is 196 Å². The minimum atomic E-state index is -3.52. The lowest BCUT2D eigenvalue weighted by Gasteiger charge is -2.21. The molecule has 0 unspecified atom stereocenters. The van der Waals surface area contributed by atoms with Gasteiger partial charge in [-0.05, 0) is 45.9 Å².